The van der Waals surface area contributed by atoms with Crippen LogP contribution in [0.5, 0.6) is 0 Å². The molecule has 3 heteroatoms. The minimum atomic E-state index is 0.139. The van der Waals surface area contributed by atoms with Crippen LogP contribution in [-0.2, 0) is 4.79 Å². The fourth-order valence-corrected chi connectivity index (χ4v) is 3.32. The molecule has 3 fully saturated rings. The molecule has 1 N–H and O–H groups in total. The number of amides is 1. The molecule has 3 nitrogen and oxygen atoms in total. The topological polar surface area (TPSA) is 32.3 Å². The maximum absolute atomic E-state index is 12.1. The maximum atomic E-state index is 12.1. The molecule has 1 spiro atoms. The SMILES string of the molecule is O=C([C@@H]1CCCN1)N1CCC2(CCC2)C1. The molecule has 0 aromatic heterocycles. The van der Waals surface area contributed by atoms with Gasteiger partial charge in [0.15, 0.2) is 0 Å². The Balaban J connectivity index is 1.61. The van der Waals surface area contributed by atoms with Crippen molar-refractivity contribution in [3.05, 3.63) is 0 Å². The smallest absolute Gasteiger partial charge is 0.239 e. The van der Waals surface area contributed by atoms with Crippen molar-refractivity contribution in [3.63, 3.8) is 0 Å². The minimum absolute atomic E-state index is 0.139. The van der Waals surface area contributed by atoms with Crippen molar-refractivity contribution >= 4 is 5.91 Å². The fraction of sp³-hybridized carbons (Fsp3) is 0.917. The molecule has 2 saturated heterocycles. The van der Waals surface area contributed by atoms with E-state index in [0.717, 1.165) is 32.5 Å². The maximum Gasteiger partial charge on any atom is 0.239 e. The van der Waals surface area contributed by atoms with Gasteiger partial charge in [-0.1, -0.05) is 6.42 Å². The van der Waals surface area contributed by atoms with Crippen LogP contribution >= 0.6 is 0 Å². The van der Waals surface area contributed by atoms with Crippen molar-refractivity contribution in [1.82, 2.24) is 10.2 Å². The number of rotatable bonds is 1. The second-order valence-electron chi connectivity index (χ2n) is 5.51. The Hall–Kier alpha value is -0.570. The van der Waals surface area contributed by atoms with Crippen molar-refractivity contribution in [2.45, 2.75) is 44.6 Å². The highest BCUT2D eigenvalue weighted by Gasteiger charge is 2.45. The predicted molar refractivity (Wildman–Crippen MR) is 58.5 cm³/mol. The Kier molecular flexibility index (Phi) is 2.23. The summed E-state index contributed by atoms with van der Waals surface area (Å²) in [6.07, 6.45) is 7.55. The van der Waals surface area contributed by atoms with E-state index in [1.54, 1.807) is 0 Å². The Labute approximate surface area is 91.2 Å². The van der Waals surface area contributed by atoms with Gasteiger partial charge in [-0.25, -0.2) is 0 Å². The first-order valence-corrected chi connectivity index (χ1v) is 6.31. The Bertz CT molecular complexity index is 267. The second-order valence-corrected chi connectivity index (χ2v) is 5.51. The highest BCUT2D eigenvalue weighted by atomic mass is 16.2. The van der Waals surface area contributed by atoms with Crippen LogP contribution in [0, 0.1) is 5.41 Å². The molecule has 1 saturated carbocycles. The van der Waals surface area contributed by atoms with Gasteiger partial charge in [-0.05, 0) is 44.1 Å². The largest absolute Gasteiger partial charge is 0.341 e. The average molecular weight is 208 g/mol. The standard InChI is InChI=1S/C12H20N2O/c15-11(10-3-1-7-13-10)14-8-6-12(9-14)4-2-5-12/h10,13H,1-9H2/t10-/m0/s1. The molecule has 1 amide bonds. The molecule has 1 atom stereocenters. The molecule has 15 heavy (non-hydrogen) atoms. The second kappa shape index (κ2) is 3.48. The number of likely N-dealkylation sites (tertiary alicyclic amines) is 1. The van der Waals surface area contributed by atoms with Gasteiger partial charge < -0.3 is 10.2 Å². The van der Waals surface area contributed by atoms with Gasteiger partial charge in [0.25, 0.3) is 0 Å². The summed E-state index contributed by atoms with van der Waals surface area (Å²) in [5.74, 6) is 0.372. The van der Waals surface area contributed by atoms with Crippen LogP contribution in [0.15, 0.2) is 0 Å². The quantitative estimate of drug-likeness (QED) is 0.701. The van der Waals surface area contributed by atoms with E-state index < -0.39 is 0 Å². The third-order valence-electron chi connectivity index (χ3n) is 4.52. The third-order valence-corrected chi connectivity index (χ3v) is 4.52. The summed E-state index contributed by atoms with van der Waals surface area (Å²) in [4.78, 5) is 14.3. The van der Waals surface area contributed by atoms with Crippen LogP contribution < -0.4 is 5.32 Å². The molecule has 84 valence electrons. The summed E-state index contributed by atoms with van der Waals surface area (Å²) in [6, 6.07) is 0.139. The van der Waals surface area contributed by atoms with Crippen molar-refractivity contribution in [2.24, 2.45) is 5.41 Å². The lowest BCUT2D eigenvalue weighted by Gasteiger charge is -2.38. The molecular weight excluding hydrogens is 188 g/mol. The van der Waals surface area contributed by atoms with Gasteiger partial charge in [0, 0.05) is 13.1 Å². The normalized spacial score (nSPS) is 33.3. The van der Waals surface area contributed by atoms with Gasteiger partial charge in [-0.15, -0.1) is 0 Å². The number of nitrogens with one attached hydrogen (secondary N) is 1. The van der Waals surface area contributed by atoms with Gasteiger partial charge in [-0.3, -0.25) is 4.79 Å². The monoisotopic (exact) mass is 208 g/mol. The number of hydrogen-bond donors (Lipinski definition) is 1. The lowest BCUT2D eigenvalue weighted by molar-refractivity contribution is -0.132. The van der Waals surface area contributed by atoms with E-state index in [1.807, 2.05) is 0 Å². The van der Waals surface area contributed by atoms with Crippen molar-refractivity contribution in [3.8, 4) is 0 Å². The summed E-state index contributed by atoms with van der Waals surface area (Å²) in [6.45, 7) is 3.08. The van der Waals surface area contributed by atoms with Crippen molar-refractivity contribution in [2.75, 3.05) is 19.6 Å². The van der Waals surface area contributed by atoms with Crippen LogP contribution in [-0.4, -0.2) is 36.5 Å². The van der Waals surface area contributed by atoms with E-state index in [0.29, 0.717) is 11.3 Å². The molecule has 3 aliphatic rings. The third kappa shape index (κ3) is 1.57. The summed E-state index contributed by atoms with van der Waals surface area (Å²) >= 11 is 0. The van der Waals surface area contributed by atoms with Gasteiger partial charge in [0.1, 0.15) is 0 Å². The van der Waals surface area contributed by atoms with E-state index in [9.17, 15) is 4.79 Å². The predicted octanol–water partition coefficient (Wildman–Crippen LogP) is 1.14. The van der Waals surface area contributed by atoms with E-state index in [-0.39, 0.29) is 6.04 Å². The molecule has 3 rings (SSSR count). The van der Waals surface area contributed by atoms with Gasteiger partial charge in [0.2, 0.25) is 5.91 Å². The first-order chi connectivity index (χ1) is 7.29. The van der Waals surface area contributed by atoms with Crippen LogP contribution in [0.3, 0.4) is 0 Å². The number of carbonyl (C=O) groups is 1. The Morgan fingerprint density at radius 3 is 2.67 bits per heavy atom. The van der Waals surface area contributed by atoms with E-state index in [1.165, 1.54) is 25.7 Å². The zero-order chi connectivity index (χ0) is 10.3. The zero-order valence-corrected chi connectivity index (χ0v) is 9.30. The molecule has 0 unspecified atom stereocenters. The molecule has 0 radical (unpaired) electrons. The van der Waals surface area contributed by atoms with Gasteiger partial charge in [-0.2, -0.15) is 0 Å². The highest BCUT2D eigenvalue weighted by molar-refractivity contribution is 5.82. The average Bonchev–Trinajstić information content (AvgIpc) is 2.85. The minimum Gasteiger partial charge on any atom is -0.341 e. The first kappa shape index (κ1) is 9.64. The summed E-state index contributed by atoms with van der Waals surface area (Å²) in [7, 11) is 0. The first-order valence-electron chi connectivity index (χ1n) is 6.31. The molecule has 0 aromatic carbocycles. The summed E-state index contributed by atoms with van der Waals surface area (Å²) < 4.78 is 0. The van der Waals surface area contributed by atoms with Crippen LogP contribution in [0.25, 0.3) is 0 Å². The van der Waals surface area contributed by atoms with E-state index >= 15 is 0 Å². The lowest BCUT2D eigenvalue weighted by Crippen LogP contribution is -2.44. The van der Waals surface area contributed by atoms with Gasteiger partial charge in [0.05, 0.1) is 6.04 Å². The molecule has 1 aliphatic carbocycles. The van der Waals surface area contributed by atoms with Crippen LogP contribution in [0.4, 0.5) is 0 Å². The highest BCUT2D eigenvalue weighted by Crippen LogP contribution is 2.48. The molecule has 0 bridgehead atoms. The molecule has 2 aliphatic heterocycles. The fourth-order valence-electron chi connectivity index (χ4n) is 3.32. The van der Waals surface area contributed by atoms with Crippen molar-refractivity contribution in [1.29, 1.82) is 0 Å². The van der Waals surface area contributed by atoms with E-state index in [2.05, 4.69) is 10.2 Å². The molecule has 0 aromatic rings. The van der Waals surface area contributed by atoms with Gasteiger partial charge >= 0.3 is 0 Å². The molecular formula is C12H20N2O. The summed E-state index contributed by atoms with van der Waals surface area (Å²) in [5, 5.41) is 3.31. The van der Waals surface area contributed by atoms with Crippen molar-refractivity contribution < 1.29 is 4.79 Å². The Morgan fingerprint density at radius 1 is 1.27 bits per heavy atom. The van der Waals surface area contributed by atoms with E-state index in [4.69, 9.17) is 0 Å². The zero-order valence-electron chi connectivity index (χ0n) is 9.30. The molecule has 2 heterocycles. The lowest BCUT2D eigenvalue weighted by atomic mass is 9.68. The Morgan fingerprint density at radius 2 is 2.13 bits per heavy atom. The number of hydrogen-bond acceptors (Lipinski definition) is 2. The number of nitrogens with zero attached hydrogens (tertiary/aromatic N) is 1. The number of carbonyl (C=O) groups excluding carboxylic acids is 1. The summed E-state index contributed by atoms with van der Waals surface area (Å²) in [5.41, 5.74) is 0.550. The van der Waals surface area contributed by atoms with Crippen LogP contribution in [0.1, 0.15) is 38.5 Å². The van der Waals surface area contributed by atoms with Crippen LogP contribution in [0.2, 0.25) is 0 Å².